The number of aliphatic hydroxyl groups is 1. The normalized spacial score (nSPS) is 23.2. The summed E-state index contributed by atoms with van der Waals surface area (Å²) in [5.41, 5.74) is 0. The van der Waals surface area contributed by atoms with Gasteiger partial charge >= 0.3 is 0 Å². The fourth-order valence-electron chi connectivity index (χ4n) is 1.60. The first-order valence-electron chi connectivity index (χ1n) is 4.62. The molecule has 1 N–H and O–H groups in total. The second-order valence-electron chi connectivity index (χ2n) is 3.59. The van der Waals surface area contributed by atoms with Gasteiger partial charge in [0.1, 0.15) is 0 Å². The SMILES string of the molecule is CCC1CN(C(C)CCO)C1. The van der Waals surface area contributed by atoms with Gasteiger partial charge in [0.15, 0.2) is 0 Å². The number of rotatable bonds is 4. The molecule has 0 saturated carbocycles. The van der Waals surface area contributed by atoms with E-state index in [0.29, 0.717) is 12.6 Å². The average Bonchev–Trinajstić information content (AvgIpc) is 1.86. The maximum absolute atomic E-state index is 8.70. The van der Waals surface area contributed by atoms with Crippen LogP contribution in [0, 0.1) is 5.92 Å². The van der Waals surface area contributed by atoms with Crippen LogP contribution in [0.5, 0.6) is 0 Å². The third-order valence-electron chi connectivity index (χ3n) is 2.73. The van der Waals surface area contributed by atoms with Crippen molar-refractivity contribution in [1.29, 1.82) is 0 Å². The van der Waals surface area contributed by atoms with Crippen molar-refractivity contribution in [2.24, 2.45) is 5.92 Å². The Morgan fingerprint density at radius 1 is 1.55 bits per heavy atom. The monoisotopic (exact) mass is 157 g/mol. The first kappa shape index (κ1) is 9.01. The largest absolute Gasteiger partial charge is 0.396 e. The van der Waals surface area contributed by atoms with E-state index in [9.17, 15) is 0 Å². The van der Waals surface area contributed by atoms with Crippen molar-refractivity contribution in [2.75, 3.05) is 19.7 Å². The molecule has 0 aromatic heterocycles. The molecule has 2 nitrogen and oxygen atoms in total. The fourth-order valence-corrected chi connectivity index (χ4v) is 1.60. The Bertz CT molecular complexity index is 110. The zero-order valence-electron chi connectivity index (χ0n) is 7.58. The second kappa shape index (κ2) is 4.07. The van der Waals surface area contributed by atoms with Crippen LogP contribution in [0.2, 0.25) is 0 Å². The molecule has 0 spiro atoms. The van der Waals surface area contributed by atoms with E-state index in [-0.39, 0.29) is 0 Å². The van der Waals surface area contributed by atoms with Crippen LogP contribution in [0.15, 0.2) is 0 Å². The summed E-state index contributed by atoms with van der Waals surface area (Å²) in [7, 11) is 0. The highest BCUT2D eigenvalue weighted by Gasteiger charge is 2.27. The lowest BCUT2D eigenvalue weighted by Crippen LogP contribution is -2.51. The lowest BCUT2D eigenvalue weighted by Gasteiger charge is -2.42. The van der Waals surface area contributed by atoms with Gasteiger partial charge in [-0.3, -0.25) is 4.90 Å². The van der Waals surface area contributed by atoms with Crippen LogP contribution < -0.4 is 0 Å². The van der Waals surface area contributed by atoms with Crippen LogP contribution in [0.3, 0.4) is 0 Å². The molecule has 1 atom stereocenters. The minimum absolute atomic E-state index is 0.328. The number of hydrogen-bond donors (Lipinski definition) is 1. The summed E-state index contributed by atoms with van der Waals surface area (Å²) in [6.45, 7) is 7.27. The molecule has 1 aliphatic heterocycles. The van der Waals surface area contributed by atoms with Crippen molar-refractivity contribution < 1.29 is 5.11 Å². The maximum atomic E-state index is 8.70. The van der Waals surface area contributed by atoms with Gasteiger partial charge in [-0.05, 0) is 19.3 Å². The summed E-state index contributed by atoms with van der Waals surface area (Å²) in [5, 5.41) is 8.70. The molecule has 1 rings (SSSR count). The zero-order valence-corrected chi connectivity index (χ0v) is 7.58. The highest BCUT2D eigenvalue weighted by atomic mass is 16.3. The van der Waals surface area contributed by atoms with Gasteiger partial charge < -0.3 is 5.11 Å². The lowest BCUT2D eigenvalue weighted by atomic mass is 9.95. The van der Waals surface area contributed by atoms with Crippen LogP contribution in [0.25, 0.3) is 0 Å². The Balaban J connectivity index is 2.10. The Kier molecular flexibility index (Phi) is 3.34. The zero-order chi connectivity index (χ0) is 8.27. The smallest absolute Gasteiger partial charge is 0.0445 e. The van der Waals surface area contributed by atoms with Crippen molar-refractivity contribution in [3.63, 3.8) is 0 Å². The van der Waals surface area contributed by atoms with Gasteiger partial charge in [-0.1, -0.05) is 13.3 Å². The van der Waals surface area contributed by atoms with Gasteiger partial charge in [0.05, 0.1) is 0 Å². The first-order chi connectivity index (χ1) is 5.27. The first-order valence-corrected chi connectivity index (χ1v) is 4.62. The van der Waals surface area contributed by atoms with Crippen LogP contribution in [0.4, 0.5) is 0 Å². The predicted octanol–water partition coefficient (Wildman–Crippen LogP) is 1.10. The van der Waals surface area contributed by atoms with E-state index < -0.39 is 0 Å². The van der Waals surface area contributed by atoms with E-state index in [1.165, 1.54) is 19.5 Å². The van der Waals surface area contributed by atoms with E-state index >= 15 is 0 Å². The number of nitrogens with zero attached hydrogens (tertiary/aromatic N) is 1. The van der Waals surface area contributed by atoms with Crippen molar-refractivity contribution in [2.45, 2.75) is 32.7 Å². The molecular formula is C9H19NO. The molecule has 11 heavy (non-hydrogen) atoms. The second-order valence-corrected chi connectivity index (χ2v) is 3.59. The van der Waals surface area contributed by atoms with Crippen molar-refractivity contribution in [1.82, 2.24) is 4.90 Å². The quantitative estimate of drug-likeness (QED) is 0.660. The molecule has 0 aromatic rings. The molecule has 1 unspecified atom stereocenters. The number of hydrogen-bond acceptors (Lipinski definition) is 2. The molecular weight excluding hydrogens is 138 g/mol. The number of aliphatic hydroxyl groups excluding tert-OH is 1. The minimum Gasteiger partial charge on any atom is -0.396 e. The average molecular weight is 157 g/mol. The van der Waals surface area contributed by atoms with Gasteiger partial charge in [0.25, 0.3) is 0 Å². The Hall–Kier alpha value is -0.0800. The van der Waals surface area contributed by atoms with E-state index in [4.69, 9.17) is 5.11 Å². The van der Waals surface area contributed by atoms with Crippen molar-refractivity contribution in [3.05, 3.63) is 0 Å². The summed E-state index contributed by atoms with van der Waals surface area (Å²) >= 11 is 0. The lowest BCUT2D eigenvalue weighted by molar-refractivity contribution is 0.0467. The Labute approximate surface area is 69.2 Å². The van der Waals surface area contributed by atoms with Gasteiger partial charge in [-0.2, -0.15) is 0 Å². The highest BCUT2D eigenvalue weighted by Crippen LogP contribution is 2.21. The molecule has 0 amide bonds. The van der Waals surface area contributed by atoms with Gasteiger partial charge in [-0.15, -0.1) is 0 Å². The molecule has 1 aliphatic rings. The van der Waals surface area contributed by atoms with Gasteiger partial charge in [0.2, 0.25) is 0 Å². The van der Waals surface area contributed by atoms with Crippen molar-refractivity contribution in [3.8, 4) is 0 Å². The number of likely N-dealkylation sites (tertiary alicyclic amines) is 1. The van der Waals surface area contributed by atoms with Gasteiger partial charge in [-0.25, -0.2) is 0 Å². The van der Waals surface area contributed by atoms with E-state index in [2.05, 4.69) is 18.7 Å². The summed E-state index contributed by atoms with van der Waals surface area (Å²) in [4.78, 5) is 2.45. The third-order valence-corrected chi connectivity index (χ3v) is 2.73. The molecule has 1 saturated heterocycles. The molecule has 1 heterocycles. The van der Waals surface area contributed by atoms with Crippen LogP contribution in [-0.2, 0) is 0 Å². The van der Waals surface area contributed by atoms with Crippen LogP contribution >= 0.6 is 0 Å². The standard InChI is InChI=1S/C9H19NO/c1-3-9-6-10(7-9)8(2)4-5-11/h8-9,11H,3-7H2,1-2H3. The minimum atomic E-state index is 0.328. The molecule has 0 aromatic carbocycles. The summed E-state index contributed by atoms with van der Waals surface area (Å²) in [6.07, 6.45) is 2.23. The van der Waals surface area contributed by atoms with E-state index in [1.54, 1.807) is 0 Å². The predicted molar refractivity (Wildman–Crippen MR) is 46.5 cm³/mol. The summed E-state index contributed by atoms with van der Waals surface area (Å²) in [6, 6.07) is 0.586. The molecule has 2 heteroatoms. The van der Waals surface area contributed by atoms with Crippen molar-refractivity contribution >= 4 is 0 Å². The molecule has 0 bridgehead atoms. The topological polar surface area (TPSA) is 23.5 Å². The third kappa shape index (κ3) is 2.17. The van der Waals surface area contributed by atoms with E-state index in [0.717, 1.165) is 12.3 Å². The molecule has 66 valence electrons. The Morgan fingerprint density at radius 2 is 2.18 bits per heavy atom. The summed E-state index contributed by atoms with van der Waals surface area (Å²) in [5.74, 6) is 0.927. The van der Waals surface area contributed by atoms with Crippen LogP contribution in [-0.4, -0.2) is 35.7 Å². The molecule has 0 radical (unpaired) electrons. The molecule has 1 fully saturated rings. The van der Waals surface area contributed by atoms with Crippen LogP contribution in [0.1, 0.15) is 26.7 Å². The highest BCUT2D eigenvalue weighted by molar-refractivity contribution is 4.82. The van der Waals surface area contributed by atoms with Gasteiger partial charge in [0, 0.05) is 25.7 Å². The maximum Gasteiger partial charge on any atom is 0.0445 e. The summed E-state index contributed by atoms with van der Waals surface area (Å²) < 4.78 is 0. The van der Waals surface area contributed by atoms with E-state index in [1.807, 2.05) is 0 Å². The Morgan fingerprint density at radius 3 is 2.64 bits per heavy atom. The molecule has 0 aliphatic carbocycles. The fraction of sp³-hybridized carbons (Fsp3) is 1.00.